The van der Waals surface area contributed by atoms with E-state index in [-0.39, 0.29) is 5.69 Å². The Morgan fingerprint density at radius 1 is 1.38 bits per heavy atom. The van der Waals surface area contributed by atoms with Crippen LogP contribution in [0.4, 0.5) is 4.39 Å². The Morgan fingerprint density at radius 2 is 2.12 bits per heavy atom. The molecule has 0 bridgehead atoms. The van der Waals surface area contributed by atoms with Crippen molar-refractivity contribution in [3.8, 4) is 5.69 Å². The first kappa shape index (κ1) is 11.1. The quantitative estimate of drug-likeness (QED) is 0.860. The van der Waals surface area contributed by atoms with Gasteiger partial charge < -0.3 is 9.67 Å². The Morgan fingerprint density at radius 3 is 2.75 bits per heavy atom. The highest BCUT2D eigenvalue weighted by Gasteiger charge is 2.12. The highest BCUT2D eigenvalue weighted by atomic mass is 127. The minimum Gasteiger partial charge on any atom is -0.477 e. The Kier molecular flexibility index (Phi) is 2.95. The third kappa shape index (κ3) is 2.08. The molecule has 0 unspecified atom stereocenters. The molecular formula is C11H7FINO2. The lowest BCUT2D eigenvalue weighted by atomic mass is 10.3. The van der Waals surface area contributed by atoms with Crippen LogP contribution in [0, 0.1) is 9.39 Å². The Bertz CT molecular complexity index is 551. The number of benzene rings is 1. The van der Waals surface area contributed by atoms with Gasteiger partial charge in [0.1, 0.15) is 11.5 Å². The zero-order valence-electron chi connectivity index (χ0n) is 8.02. The normalized spacial score (nSPS) is 10.4. The Labute approximate surface area is 105 Å². The fourth-order valence-electron chi connectivity index (χ4n) is 1.43. The molecule has 1 heterocycles. The number of halogens is 2. The average Bonchev–Trinajstić information content (AvgIpc) is 2.60. The van der Waals surface area contributed by atoms with Crippen LogP contribution >= 0.6 is 22.6 Å². The molecule has 1 aromatic heterocycles. The van der Waals surface area contributed by atoms with Gasteiger partial charge in [-0.15, -0.1) is 0 Å². The van der Waals surface area contributed by atoms with Crippen molar-refractivity contribution < 1.29 is 14.3 Å². The van der Waals surface area contributed by atoms with Crippen LogP contribution in [0.1, 0.15) is 10.5 Å². The number of aromatic nitrogens is 1. The van der Waals surface area contributed by atoms with Crippen LogP contribution in [0.15, 0.2) is 36.5 Å². The van der Waals surface area contributed by atoms with Crippen molar-refractivity contribution in [2.45, 2.75) is 0 Å². The van der Waals surface area contributed by atoms with Crippen molar-refractivity contribution in [3.63, 3.8) is 0 Å². The molecule has 1 N–H and O–H groups in total. The second-order valence-electron chi connectivity index (χ2n) is 3.20. The van der Waals surface area contributed by atoms with Crippen LogP contribution < -0.4 is 0 Å². The minimum absolute atomic E-state index is 0.120. The van der Waals surface area contributed by atoms with Gasteiger partial charge in [-0.25, -0.2) is 9.18 Å². The molecule has 0 aliphatic rings. The topological polar surface area (TPSA) is 42.2 Å². The molecule has 0 saturated carbocycles. The highest BCUT2D eigenvalue weighted by Crippen LogP contribution is 2.18. The largest absolute Gasteiger partial charge is 0.477 e. The fourth-order valence-corrected chi connectivity index (χ4v) is 2.01. The summed E-state index contributed by atoms with van der Waals surface area (Å²) >= 11 is 2.02. The van der Waals surface area contributed by atoms with Crippen molar-refractivity contribution in [2.24, 2.45) is 0 Å². The van der Waals surface area contributed by atoms with Gasteiger partial charge in [0.2, 0.25) is 0 Å². The summed E-state index contributed by atoms with van der Waals surface area (Å²) in [6.45, 7) is 0. The van der Waals surface area contributed by atoms with Crippen molar-refractivity contribution in [2.75, 3.05) is 0 Å². The summed E-state index contributed by atoms with van der Waals surface area (Å²) in [6, 6.07) is 7.35. The van der Waals surface area contributed by atoms with Gasteiger partial charge in [-0.3, -0.25) is 0 Å². The third-order valence-electron chi connectivity index (χ3n) is 2.09. The van der Waals surface area contributed by atoms with E-state index in [2.05, 4.69) is 0 Å². The monoisotopic (exact) mass is 331 g/mol. The molecule has 0 amide bonds. The van der Waals surface area contributed by atoms with Crippen molar-refractivity contribution in [3.05, 3.63) is 51.6 Å². The molecule has 2 aromatic rings. The fraction of sp³-hybridized carbons (Fsp3) is 0. The van der Waals surface area contributed by atoms with Crippen LogP contribution in [-0.4, -0.2) is 15.6 Å². The van der Waals surface area contributed by atoms with E-state index < -0.39 is 11.8 Å². The first-order chi connectivity index (χ1) is 7.58. The molecule has 5 heteroatoms. The lowest BCUT2D eigenvalue weighted by Crippen LogP contribution is -2.05. The van der Waals surface area contributed by atoms with Gasteiger partial charge in [0, 0.05) is 15.5 Å². The molecule has 1 aromatic carbocycles. The highest BCUT2D eigenvalue weighted by molar-refractivity contribution is 14.1. The second kappa shape index (κ2) is 4.25. The number of nitrogens with zero attached hydrogens (tertiary/aromatic N) is 1. The molecule has 3 nitrogen and oxygen atoms in total. The molecule has 0 radical (unpaired) electrons. The molecular weight excluding hydrogens is 324 g/mol. The van der Waals surface area contributed by atoms with E-state index >= 15 is 0 Å². The number of carboxylic acid groups (broad SMARTS) is 1. The molecule has 0 aliphatic carbocycles. The minimum atomic E-state index is -1.04. The summed E-state index contributed by atoms with van der Waals surface area (Å²) in [5.74, 6) is -1.43. The number of aromatic carboxylic acids is 1. The first-order valence-electron chi connectivity index (χ1n) is 4.45. The maximum Gasteiger partial charge on any atom is 0.352 e. The smallest absolute Gasteiger partial charge is 0.352 e. The molecule has 82 valence electrons. The summed E-state index contributed by atoms with van der Waals surface area (Å²) in [5, 5.41) is 8.99. The van der Waals surface area contributed by atoms with Gasteiger partial charge in [0.25, 0.3) is 0 Å². The van der Waals surface area contributed by atoms with E-state index in [0.29, 0.717) is 5.69 Å². The zero-order valence-corrected chi connectivity index (χ0v) is 10.2. The molecule has 0 spiro atoms. The number of carbonyl (C=O) groups is 1. The summed E-state index contributed by atoms with van der Waals surface area (Å²) in [6.07, 6.45) is 1.65. The zero-order chi connectivity index (χ0) is 11.7. The van der Waals surface area contributed by atoms with Crippen LogP contribution in [0.5, 0.6) is 0 Å². The predicted molar refractivity (Wildman–Crippen MR) is 65.4 cm³/mol. The summed E-state index contributed by atoms with van der Waals surface area (Å²) < 4.78 is 15.3. The van der Waals surface area contributed by atoms with Gasteiger partial charge in [0.05, 0.1) is 0 Å². The standard InChI is InChI=1S/C11H7FINO2/c12-7-2-1-3-9(4-7)14-6-8(13)5-10(14)11(15)16/h1-6H,(H,15,16). The van der Waals surface area contributed by atoms with Crippen LogP contribution in [0.25, 0.3) is 5.69 Å². The van der Waals surface area contributed by atoms with Gasteiger partial charge in [0.15, 0.2) is 0 Å². The van der Waals surface area contributed by atoms with Crippen molar-refractivity contribution >= 4 is 28.6 Å². The molecule has 0 fully saturated rings. The van der Waals surface area contributed by atoms with Crippen molar-refractivity contribution in [1.29, 1.82) is 0 Å². The lowest BCUT2D eigenvalue weighted by molar-refractivity contribution is 0.0688. The van der Waals surface area contributed by atoms with Gasteiger partial charge >= 0.3 is 5.97 Å². The Balaban J connectivity index is 2.59. The van der Waals surface area contributed by atoms with Crippen LogP contribution in [0.3, 0.4) is 0 Å². The maximum atomic E-state index is 13.0. The summed E-state index contributed by atoms with van der Waals surface area (Å²) in [7, 11) is 0. The molecule has 2 rings (SSSR count). The maximum absolute atomic E-state index is 13.0. The molecule has 0 saturated heterocycles. The number of carboxylic acids is 1. The summed E-state index contributed by atoms with van der Waals surface area (Å²) in [4.78, 5) is 11.0. The predicted octanol–water partition coefficient (Wildman–Crippen LogP) is 2.92. The average molecular weight is 331 g/mol. The third-order valence-corrected chi connectivity index (χ3v) is 2.68. The van der Waals surface area contributed by atoms with Gasteiger partial charge in [-0.2, -0.15) is 0 Å². The van der Waals surface area contributed by atoms with E-state index in [1.165, 1.54) is 22.8 Å². The van der Waals surface area contributed by atoms with E-state index in [4.69, 9.17) is 5.11 Å². The van der Waals surface area contributed by atoms with Gasteiger partial charge in [-0.1, -0.05) is 6.07 Å². The molecule has 16 heavy (non-hydrogen) atoms. The number of rotatable bonds is 2. The summed E-state index contributed by atoms with van der Waals surface area (Å²) in [5.41, 5.74) is 0.621. The number of hydrogen-bond donors (Lipinski definition) is 1. The lowest BCUT2D eigenvalue weighted by Gasteiger charge is -2.05. The molecule has 0 aliphatic heterocycles. The van der Waals surface area contributed by atoms with E-state index in [0.717, 1.165) is 3.57 Å². The second-order valence-corrected chi connectivity index (χ2v) is 4.44. The van der Waals surface area contributed by atoms with E-state index in [1.54, 1.807) is 18.3 Å². The van der Waals surface area contributed by atoms with E-state index in [1.807, 2.05) is 22.6 Å². The SMILES string of the molecule is O=C(O)c1cc(I)cn1-c1cccc(F)c1. The molecule has 0 atom stereocenters. The van der Waals surface area contributed by atoms with Crippen LogP contribution in [-0.2, 0) is 0 Å². The Hall–Kier alpha value is -1.37. The van der Waals surface area contributed by atoms with Gasteiger partial charge in [-0.05, 0) is 46.9 Å². The van der Waals surface area contributed by atoms with Crippen LogP contribution in [0.2, 0.25) is 0 Å². The van der Waals surface area contributed by atoms with E-state index in [9.17, 15) is 9.18 Å². The number of hydrogen-bond acceptors (Lipinski definition) is 1. The van der Waals surface area contributed by atoms with Crippen molar-refractivity contribution in [1.82, 2.24) is 4.57 Å². The first-order valence-corrected chi connectivity index (χ1v) is 5.53.